The summed E-state index contributed by atoms with van der Waals surface area (Å²) in [5, 5.41) is 2.58. The third-order valence-electron chi connectivity index (χ3n) is 2.56. The fourth-order valence-corrected chi connectivity index (χ4v) is 1.75. The van der Waals surface area contributed by atoms with Crippen molar-refractivity contribution >= 4 is 12.1 Å². The molecule has 3 amide bonds. The number of unbranched alkanes of at least 4 members (excludes halogenated alkanes) is 2. The second kappa shape index (κ2) is 6.19. The first-order valence-corrected chi connectivity index (χ1v) is 5.64. The molecule has 0 bridgehead atoms. The Hall–Kier alpha value is -1.46. The molecule has 1 fully saturated rings. The summed E-state index contributed by atoms with van der Waals surface area (Å²) in [7, 11) is 0. The zero-order valence-electron chi connectivity index (χ0n) is 9.57. The Morgan fingerprint density at radius 2 is 2.38 bits per heavy atom. The minimum Gasteiger partial charge on any atom is -0.447 e. The molecule has 1 saturated heterocycles. The highest BCUT2D eigenvalue weighted by atomic mass is 16.6. The van der Waals surface area contributed by atoms with E-state index in [1.165, 1.54) is 4.90 Å². The molecule has 0 aromatic heterocycles. The molecule has 1 unspecified atom stereocenters. The number of hydrogen-bond donors (Lipinski definition) is 2. The number of nitrogens with two attached hydrogens (primary N) is 1. The largest absolute Gasteiger partial charge is 0.447 e. The molecule has 1 atom stereocenters. The predicted octanol–water partition coefficient (Wildman–Crippen LogP) is 1.01. The molecule has 1 aliphatic rings. The Balaban J connectivity index is 2.48. The molecule has 0 aliphatic carbocycles. The zero-order valence-corrected chi connectivity index (χ0v) is 9.57. The molecular formula is C10H19N3O3. The Labute approximate surface area is 95.1 Å². The number of carbonyl (C=O) groups excluding carboxylic acids is 2. The van der Waals surface area contributed by atoms with Crippen LogP contribution in [-0.2, 0) is 4.74 Å². The number of hydrogen-bond acceptors (Lipinski definition) is 3. The van der Waals surface area contributed by atoms with Crippen molar-refractivity contribution in [3.63, 3.8) is 0 Å². The average molecular weight is 229 g/mol. The summed E-state index contributed by atoms with van der Waals surface area (Å²) in [5.74, 6) is 0. The van der Waals surface area contributed by atoms with Crippen LogP contribution in [0.4, 0.5) is 9.59 Å². The van der Waals surface area contributed by atoms with Gasteiger partial charge in [-0.3, -0.25) is 4.90 Å². The van der Waals surface area contributed by atoms with Crippen LogP contribution in [0.15, 0.2) is 0 Å². The first-order chi connectivity index (χ1) is 7.65. The maximum Gasteiger partial charge on any atom is 0.411 e. The lowest BCUT2D eigenvalue weighted by molar-refractivity contribution is 0.139. The van der Waals surface area contributed by atoms with Crippen LogP contribution in [0.3, 0.4) is 0 Å². The summed E-state index contributed by atoms with van der Waals surface area (Å²) in [6.45, 7) is 2.99. The minimum atomic E-state index is -0.610. The lowest BCUT2D eigenvalue weighted by Crippen LogP contribution is -2.50. The van der Waals surface area contributed by atoms with Crippen molar-refractivity contribution in [2.45, 2.75) is 38.8 Å². The van der Waals surface area contributed by atoms with Gasteiger partial charge >= 0.3 is 12.1 Å². The lowest BCUT2D eigenvalue weighted by atomic mass is 10.1. The van der Waals surface area contributed by atoms with Gasteiger partial charge < -0.3 is 15.8 Å². The molecule has 0 spiro atoms. The van der Waals surface area contributed by atoms with Gasteiger partial charge in [0.1, 0.15) is 12.8 Å². The first-order valence-electron chi connectivity index (χ1n) is 5.64. The van der Waals surface area contributed by atoms with Gasteiger partial charge in [0, 0.05) is 0 Å². The van der Waals surface area contributed by atoms with E-state index in [9.17, 15) is 9.59 Å². The SMILES string of the molecule is CCCCCC(NC(N)=O)N1CCOC1=O. The molecule has 0 radical (unpaired) electrons. The zero-order chi connectivity index (χ0) is 12.0. The smallest absolute Gasteiger partial charge is 0.411 e. The van der Waals surface area contributed by atoms with E-state index in [0.717, 1.165) is 19.3 Å². The van der Waals surface area contributed by atoms with Gasteiger partial charge in [0.2, 0.25) is 0 Å². The van der Waals surface area contributed by atoms with Crippen molar-refractivity contribution in [2.24, 2.45) is 5.73 Å². The van der Waals surface area contributed by atoms with E-state index in [2.05, 4.69) is 12.2 Å². The normalized spacial score (nSPS) is 17.1. The highest BCUT2D eigenvalue weighted by Gasteiger charge is 2.29. The topological polar surface area (TPSA) is 84.7 Å². The molecule has 6 nitrogen and oxygen atoms in total. The molecule has 3 N–H and O–H groups in total. The van der Waals surface area contributed by atoms with Crippen LogP contribution in [-0.4, -0.2) is 36.3 Å². The molecule has 6 heteroatoms. The van der Waals surface area contributed by atoms with Gasteiger partial charge in [0.25, 0.3) is 0 Å². The molecule has 0 aromatic rings. The second-order valence-corrected chi connectivity index (χ2v) is 3.83. The van der Waals surface area contributed by atoms with Gasteiger partial charge in [-0.2, -0.15) is 0 Å². The Morgan fingerprint density at radius 1 is 1.62 bits per heavy atom. The van der Waals surface area contributed by atoms with Gasteiger partial charge in [-0.25, -0.2) is 9.59 Å². The second-order valence-electron chi connectivity index (χ2n) is 3.83. The van der Waals surface area contributed by atoms with Crippen molar-refractivity contribution in [3.8, 4) is 0 Å². The molecule has 1 heterocycles. The van der Waals surface area contributed by atoms with Crippen LogP contribution in [0.2, 0.25) is 0 Å². The quantitative estimate of drug-likeness (QED) is 0.667. The lowest BCUT2D eigenvalue weighted by Gasteiger charge is -2.25. The van der Waals surface area contributed by atoms with Crippen LogP contribution < -0.4 is 11.1 Å². The van der Waals surface area contributed by atoms with Gasteiger partial charge in [-0.15, -0.1) is 0 Å². The highest BCUT2D eigenvalue weighted by Crippen LogP contribution is 2.13. The van der Waals surface area contributed by atoms with E-state index in [-0.39, 0.29) is 12.3 Å². The number of primary amides is 1. The molecule has 0 saturated carbocycles. The average Bonchev–Trinajstić information content (AvgIpc) is 2.63. The monoisotopic (exact) mass is 229 g/mol. The maximum absolute atomic E-state index is 11.3. The molecule has 1 rings (SSSR count). The number of carbonyl (C=O) groups is 2. The number of cyclic esters (lactones) is 1. The summed E-state index contributed by atoms with van der Waals surface area (Å²) in [6.07, 6.45) is 3.11. The van der Waals surface area contributed by atoms with Crippen LogP contribution in [0.25, 0.3) is 0 Å². The number of urea groups is 1. The standard InChI is InChI=1S/C10H19N3O3/c1-2-3-4-5-8(12-9(11)14)13-6-7-16-10(13)15/h8H,2-7H2,1H3,(H3,11,12,14). The molecule has 16 heavy (non-hydrogen) atoms. The summed E-state index contributed by atoms with van der Waals surface area (Å²) in [4.78, 5) is 23.7. The van der Waals surface area contributed by atoms with Crippen LogP contribution >= 0.6 is 0 Å². The van der Waals surface area contributed by atoms with Crippen molar-refractivity contribution in [3.05, 3.63) is 0 Å². The van der Waals surface area contributed by atoms with E-state index in [0.29, 0.717) is 19.6 Å². The number of amides is 3. The number of nitrogens with one attached hydrogen (secondary N) is 1. The van der Waals surface area contributed by atoms with E-state index in [1.54, 1.807) is 0 Å². The van der Waals surface area contributed by atoms with Crippen molar-refractivity contribution in [1.82, 2.24) is 10.2 Å². The third-order valence-corrected chi connectivity index (χ3v) is 2.56. The van der Waals surface area contributed by atoms with Gasteiger partial charge in [-0.1, -0.05) is 19.8 Å². The Bertz CT molecular complexity index is 258. The van der Waals surface area contributed by atoms with Crippen molar-refractivity contribution in [1.29, 1.82) is 0 Å². The highest BCUT2D eigenvalue weighted by molar-refractivity contribution is 5.74. The first kappa shape index (κ1) is 12.6. The van der Waals surface area contributed by atoms with E-state index in [4.69, 9.17) is 10.5 Å². The van der Waals surface area contributed by atoms with Crippen molar-refractivity contribution in [2.75, 3.05) is 13.2 Å². The third kappa shape index (κ3) is 3.60. The summed E-state index contributed by atoms with van der Waals surface area (Å²) in [5.41, 5.74) is 5.08. The molecular weight excluding hydrogens is 210 g/mol. The number of ether oxygens (including phenoxy) is 1. The van der Waals surface area contributed by atoms with Gasteiger partial charge in [0.05, 0.1) is 6.54 Å². The predicted molar refractivity (Wildman–Crippen MR) is 58.7 cm³/mol. The fraction of sp³-hybridized carbons (Fsp3) is 0.800. The summed E-state index contributed by atoms with van der Waals surface area (Å²) < 4.78 is 4.83. The molecule has 92 valence electrons. The maximum atomic E-state index is 11.3. The fourth-order valence-electron chi connectivity index (χ4n) is 1.75. The van der Waals surface area contributed by atoms with E-state index < -0.39 is 6.03 Å². The van der Waals surface area contributed by atoms with E-state index >= 15 is 0 Å². The molecule has 1 aliphatic heterocycles. The summed E-state index contributed by atoms with van der Waals surface area (Å²) in [6, 6.07) is -0.610. The number of rotatable bonds is 6. The van der Waals surface area contributed by atoms with Gasteiger partial charge in [-0.05, 0) is 12.8 Å². The van der Waals surface area contributed by atoms with Crippen LogP contribution in [0.1, 0.15) is 32.6 Å². The van der Waals surface area contributed by atoms with Crippen LogP contribution in [0, 0.1) is 0 Å². The summed E-state index contributed by atoms with van der Waals surface area (Å²) >= 11 is 0. The van der Waals surface area contributed by atoms with Gasteiger partial charge in [0.15, 0.2) is 0 Å². The van der Waals surface area contributed by atoms with E-state index in [1.807, 2.05) is 0 Å². The van der Waals surface area contributed by atoms with Crippen LogP contribution in [0.5, 0.6) is 0 Å². The number of nitrogens with zero attached hydrogens (tertiary/aromatic N) is 1. The van der Waals surface area contributed by atoms with Crippen molar-refractivity contribution < 1.29 is 14.3 Å². The minimum absolute atomic E-state index is 0.334. The molecule has 0 aromatic carbocycles. The Kier molecular flexibility index (Phi) is 4.88. The Morgan fingerprint density at radius 3 is 2.88 bits per heavy atom.